The summed E-state index contributed by atoms with van der Waals surface area (Å²) in [7, 11) is 3.17. The van der Waals surface area contributed by atoms with Crippen molar-refractivity contribution in [1.29, 1.82) is 0 Å². The van der Waals surface area contributed by atoms with Gasteiger partial charge in [-0.3, -0.25) is 4.79 Å². The quantitative estimate of drug-likeness (QED) is 0.901. The van der Waals surface area contributed by atoms with Crippen LogP contribution in [0.5, 0.6) is 11.5 Å². The second kappa shape index (κ2) is 6.80. The molecule has 1 aliphatic rings. The molecule has 1 aromatic carbocycles. The summed E-state index contributed by atoms with van der Waals surface area (Å²) < 4.78 is 10.5. The number of methoxy groups -OCH3 is 2. The Morgan fingerprint density at radius 1 is 1.24 bits per heavy atom. The number of amides is 1. The predicted molar refractivity (Wildman–Crippen MR) is 82.1 cm³/mol. The van der Waals surface area contributed by atoms with E-state index in [4.69, 9.17) is 9.47 Å². The molecule has 1 amide bonds. The predicted octanol–water partition coefficient (Wildman–Crippen LogP) is 1.92. The van der Waals surface area contributed by atoms with Gasteiger partial charge < -0.3 is 19.7 Å². The van der Waals surface area contributed by atoms with Crippen LogP contribution in [0, 0.1) is 0 Å². The van der Waals surface area contributed by atoms with Crippen LogP contribution in [0.2, 0.25) is 0 Å². The molecule has 0 radical (unpaired) electrons. The van der Waals surface area contributed by atoms with Crippen LogP contribution in [-0.2, 0) is 0 Å². The Morgan fingerprint density at radius 3 is 2.29 bits per heavy atom. The van der Waals surface area contributed by atoms with Gasteiger partial charge in [-0.25, -0.2) is 0 Å². The summed E-state index contributed by atoms with van der Waals surface area (Å²) in [6.07, 6.45) is 0.991. The monoisotopic (exact) mass is 292 g/mol. The molecule has 1 heterocycles. The molecule has 0 aromatic heterocycles. The van der Waals surface area contributed by atoms with Crippen LogP contribution >= 0.6 is 0 Å². The molecular weight excluding hydrogens is 268 g/mol. The second-order valence-electron chi connectivity index (χ2n) is 5.55. The van der Waals surface area contributed by atoms with Crippen molar-refractivity contribution in [2.24, 2.45) is 0 Å². The van der Waals surface area contributed by atoms with E-state index >= 15 is 0 Å². The van der Waals surface area contributed by atoms with E-state index in [0.717, 1.165) is 19.5 Å². The summed E-state index contributed by atoms with van der Waals surface area (Å²) in [6.45, 7) is 5.91. The van der Waals surface area contributed by atoms with Crippen LogP contribution in [0.1, 0.15) is 30.6 Å². The zero-order chi connectivity index (χ0) is 15.4. The minimum atomic E-state index is 0.0240. The lowest BCUT2D eigenvalue weighted by atomic mass is 10.1. The minimum absolute atomic E-state index is 0.0240. The summed E-state index contributed by atoms with van der Waals surface area (Å²) in [6, 6.07) is 5.70. The first-order chi connectivity index (χ1) is 10.1. The molecule has 1 unspecified atom stereocenters. The zero-order valence-corrected chi connectivity index (χ0v) is 13.2. The lowest BCUT2D eigenvalue weighted by molar-refractivity contribution is 0.0626. The number of rotatable bonds is 5. The molecule has 1 aliphatic heterocycles. The number of hydrogen-bond acceptors (Lipinski definition) is 4. The number of benzene rings is 1. The van der Waals surface area contributed by atoms with Crippen LogP contribution in [-0.4, -0.2) is 50.2 Å². The van der Waals surface area contributed by atoms with Gasteiger partial charge in [0, 0.05) is 30.3 Å². The van der Waals surface area contributed by atoms with Gasteiger partial charge in [-0.2, -0.15) is 0 Å². The van der Waals surface area contributed by atoms with E-state index in [9.17, 15) is 4.79 Å². The van der Waals surface area contributed by atoms with Gasteiger partial charge >= 0.3 is 0 Å². The van der Waals surface area contributed by atoms with Gasteiger partial charge in [-0.15, -0.1) is 0 Å². The molecular formula is C16H24N2O3. The number of carbonyl (C=O) groups excluding carboxylic acids is 1. The first-order valence-corrected chi connectivity index (χ1v) is 7.33. The number of nitrogens with zero attached hydrogens (tertiary/aromatic N) is 1. The van der Waals surface area contributed by atoms with Crippen molar-refractivity contribution in [2.45, 2.75) is 32.4 Å². The summed E-state index contributed by atoms with van der Waals surface area (Å²) >= 11 is 0. The van der Waals surface area contributed by atoms with Gasteiger partial charge in [0.15, 0.2) is 0 Å². The molecule has 5 heteroatoms. The van der Waals surface area contributed by atoms with Crippen molar-refractivity contribution >= 4 is 5.91 Å². The van der Waals surface area contributed by atoms with E-state index in [1.54, 1.807) is 32.4 Å². The third-order valence-corrected chi connectivity index (χ3v) is 3.82. The standard InChI is InChI=1S/C16H24N2O3/c1-11(2)18(13-5-6-17-10-13)16(19)12-7-14(20-3)9-15(8-12)21-4/h7-9,11,13,17H,5-6,10H2,1-4H3. The van der Waals surface area contributed by atoms with Gasteiger partial charge in [0.05, 0.1) is 14.2 Å². The first-order valence-electron chi connectivity index (χ1n) is 7.33. The Hall–Kier alpha value is -1.75. The zero-order valence-electron chi connectivity index (χ0n) is 13.2. The summed E-state index contributed by atoms with van der Waals surface area (Å²) in [4.78, 5) is 14.8. The fraction of sp³-hybridized carbons (Fsp3) is 0.562. The number of carbonyl (C=O) groups is 1. The lowest BCUT2D eigenvalue weighted by Gasteiger charge is -2.32. The van der Waals surface area contributed by atoms with Crippen molar-refractivity contribution < 1.29 is 14.3 Å². The second-order valence-corrected chi connectivity index (χ2v) is 5.55. The Labute approximate surface area is 126 Å². The van der Waals surface area contributed by atoms with Crippen LogP contribution in [0.25, 0.3) is 0 Å². The molecule has 0 saturated carbocycles. The molecule has 1 N–H and O–H groups in total. The van der Waals surface area contributed by atoms with E-state index in [2.05, 4.69) is 5.32 Å². The molecule has 0 aliphatic carbocycles. The minimum Gasteiger partial charge on any atom is -0.497 e. The van der Waals surface area contributed by atoms with E-state index in [1.165, 1.54) is 0 Å². The number of ether oxygens (including phenoxy) is 2. The number of hydrogen-bond donors (Lipinski definition) is 1. The maximum atomic E-state index is 12.9. The van der Waals surface area contributed by atoms with E-state index in [-0.39, 0.29) is 18.0 Å². The summed E-state index contributed by atoms with van der Waals surface area (Å²) in [5, 5.41) is 3.32. The highest BCUT2D eigenvalue weighted by atomic mass is 16.5. The molecule has 5 nitrogen and oxygen atoms in total. The number of nitrogens with one attached hydrogen (secondary N) is 1. The van der Waals surface area contributed by atoms with Crippen LogP contribution in [0.4, 0.5) is 0 Å². The molecule has 1 atom stereocenters. The molecule has 1 saturated heterocycles. The van der Waals surface area contributed by atoms with Crippen molar-refractivity contribution in [2.75, 3.05) is 27.3 Å². The van der Waals surface area contributed by atoms with Crippen molar-refractivity contribution in [1.82, 2.24) is 10.2 Å². The smallest absolute Gasteiger partial charge is 0.254 e. The van der Waals surface area contributed by atoms with Crippen LogP contribution in [0.3, 0.4) is 0 Å². The summed E-state index contributed by atoms with van der Waals surface area (Å²) in [5.41, 5.74) is 0.604. The van der Waals surface area contributed by atoms with Gasteiger partial charge in [0.2, 0.25) is 0 Å². The Morgan fingerprint density at radius 2 is 1.86 bits per heavy atom. The average molecular weight is 292 g/mol. The lowest BCUT2D eigenvalue weighted by Crippen LogP contribution is -2.45. The highest BCUT2D eigenvalue weighted by molar-refractivity contribution is 5.95. The normalized spacial score (nSPS) is 17.9. The average Bonchev–Trinajstić information content (AvgIpc) is 3.00. The fourth-order valence-corrected chi connectivity index (χ4v) is 2.78. The molecule has 1 aromatic rings. The van der Waals surface area contributed by atoms with Gasteiger partial charge in [0.25, 0.3) is 5.91 Å². The highest BCUT2D eigenvalue weighted by Gasteiger charge is 2.29. The maximum Gasteiger partial charge on any atom is 0.254 e. The molecule has 21 heavy (non-hydrogen) atoms. The van der Waals surface area contributed by atoms with Crippen LogP contribution < -0.4 is 14.8 Å². The Bertz CT molecular complexity index is 474. The molecule has 0 bridgehead atoms. The van der Waals surface area contributed by atoms with Gasteiger partial charge in [-0.1, -0.05) is 0 Å². The van der Waals surface area contributed by atoms with E-state index in [1.807, 2.05) is 18.7 Å². The van der Waals surface area contributed by atoms with Crippen molar-refractivity contribution in [3.05, 3.63) is 23.8 Å². The fourth-order valence-electron chi connectivity index (χ4n) is 2.78. The largest absolute Gasteiger partial charge is 0.497 e. The highest BCUT2D eigenvalue weighted by Crippen LogP contribution is 2.25. The van der Waals surface area contributed by atoms with Gasteiger partial charge in [-0.05, 0) is 38.9 Å². The van der Waals surface area contributed by atoms with Crippen molar-refractivity contribution in [3.8, 4) is 11.5 Å². The first kappa shape index (κ1) is 15.6. The molecule has 116 valence electrons. The van der Waals surface area contributed by atoms with E-state index < -0.39 is 0 Å². The summed E-state index contributed by atoms with van der Waals surface area (Å²) in [5.74, 6) is 1.29. The van der Waals surface area contributed by atoms with E-state index in [0.29, 0.717) is 17.1 Å². The third kappa shape index (κ3) is 3.47. The SMILES string of the molecule is COc1cc(OC)cc(C(=O)N(C(C)C)C2CCNC2)c1. The Balaban J connectivity index is 2.31. The van der Waals surface area contributed by atoms with Crippen LogP contribution in [0.15, 0.2) is 18.2 Å². The van der Waals surface area contributed by atoms with Crippen molar-refractivity contribution in [3.63, 3.8) is 0 Å². The molecule has 2 rings (SSSR count). The van der Waals surface area contributed by atoms with Gasteiger partial charge in [0.1, 0.15) is 11.5 Å². The third-order valence-electron chi connectivity index (χ3n) is 3.82. The topological polar surface area (TPSA) is 50.8 Å². The Kier molecular flexibility index (Phi) is 5.07. The maximum absolute atomic E-state index is 12.9. The molecule has 1 fully saturated rings. The molecule has 0 spiro atoms.